The third-order valence-corrected chi connectivity index (χ3v) is 1.49. The minimum Gasteiger partial charge on any atom is -0.0843 e. The van der Waals surface area contributed by atoms with E-state index >= 15 is 0 Å². The molecule has 0 saturated carbocycles. The molecule has 0 amide bonds. The molecule has 0 nitrogen and oxygen atoms in total. The van der Waals surface area contributed by atoms with Crippen molar-refractivity contribution in [2.45, 2.75) is 26.7 Å². The molecule has 0 fully saturated rings. The van der Waals surface area contributed by atoms with Gasteiger partial charge in [-0.3, -0.25) is 0 Å². The van der Waals surface area contributed by atoms with Crippen molar-refractivity contribution in [1.82, 2.24) is 0 Å². The Labute approximate surface area is 74.2 Å². The first-order chi connectivity index (χ1) is 5.31. The lowest BCUT2D eigenvalue weighted by atomic mass is 10.4. The fourth-order valence-electron chi connectivity index (χ4n) is 0.415. The summed E-state index contributed by atoms with van der Waals surface area (Å²) in [4.78, 5) is 0. The van der Waals surface area contributed by atoms with Crippen LogP contribution in [-0.2, 0) is 0 Å². The normalized spacial score (nSPS) is 8.27. The average Bonchev–Trinajstić information content (AvgIpc) is 2.07. The van der Waals surface area contributed by atoms with E-state index in [9.17, 15) is 0 Å². The molecule has 1 aromatic rings. The summed E-state index contributed by atoms with van der Waals surface area (Å²) in [5.41, 5.74) is 0. The second kappa shape index (κ2) is 7.62. The third kappa shape index (κ3) is 7.41. The number of halogens is 1. The van der Waals surface area contributed by atoms with Gasteiger partial charge >= 0.3 is 0 Å². The second-order valence-electron chi connectivity index (χ2n) is 2.30. The number of rotatable bonds is 1. The van der Waals surface area contributed by atoms with Crippen molar-refractivity contribution in [3.63, 3.8) is 0 Å². The van der Waals surface area contributed by atoms with Gasteiger partial charge < -0.3 is 0 Å². The lowest BCUT2D eigenvalue weighted by molar-refractivity contribution is 0.886. The molecule has 0 aliphatic carbocycles. The summed E-state index contributed by atoms with van der Waals surface area (Å²) in [6.07, 6.45) is 2.64. The van der Waals surface area contributed by atoms with Crippen molar-refractivity contribution in [2.24, 2.45) is 0 Å². The van der Waals surface area contributed by atoms with Crippen molar-refractivity contribution in [3.8, 4) is 0 Å². The second-order valence-corrected chi connectivity index (χ2v) is 2.73. The number of hydrogen-bond acceptors (Lipinski definition) is 0. The molecule has 11 heavy (non-hydrogen) atoms. The molecular weight excluding hydrogens is 156 g/mol. The quantitative estimate of drug-likeness (QED) is 0.594. The third-order valence-electron chi connectivity index (χ3n) is 1.23. The molecule has 0 aliphatic rings. The number of benzene rings is 1. The van der Waals surface area contributed by atoms with Crippen LogP contribution in [-0.4, -0.2) is 0 Å². The molecule has 62 valence electrons. The van der Waals surface area contributed by atoms with E-state index in [1.54, 1.807) is 0 Å². The Hall–Kier alpha value is -0.490. The van der Waals surface area contributed by atoms with E-state index in [1.165, 1.54) is 12.8 Å². The van der Waals surface area contributed by atoms with Crippen LogP contribution in [0.25, 0.3) is 0 Å². The maximum Gasteiger partial charge on any atom is 0.0405 e. The maximum atomic E-state index is 5.54. The van der Waals surface area contributed by atoms with Crippen LogP contribution in [0, 0.1) is 0 Å². The van der Waals surface area contributed by atoms with E-state index in [4.69, 9.17) is 11.6 Å². The van der Waals surface area contributed by atoms with E-state index in [-0.39, 0.29) is 0 Å². The van der Waals surface area contributed by atoms with Crippen molar-refractivity contribution < 1.29 is 0 Å². The number of hydrogen-bond donors (Lipinski definition) is 0. The van der Waals surface area contributed by atoms with Crippen molar-refractivity contribution in [1.29, 1.82) is 0 Å². The predicted molar refractivity (Wildman–Crippen MR) is 52.0 cm³/mol. The van der Waals surface area contributed by atoms with E-state index in [0.717, 1.165) is 5.02 Å². The lowest BCUT2D eigenvalue weighted by Gasteiger charge is -1.80. The molecule has 1 rings (SSSR count). The minimum atomic E-state index is 0.794. The van der Waals surface area contributed by atoms with Gasteiger partial charge in [-0.2, -0.15) is 0 Å². The summed E-state index contributed by atoms with van der Waals surface area (Å²) >= 11 is 5.54. The molecule has 1 aromatic carbocycles. The highest BCUT2D eigenvalue weighted by Crippen LogP contribution is 2.03. The first-order valence-corrected chi connectivity index (χ1v) is 4.39. The fraction of sp³-hybridized carbons (Fsp3) is 0.400. The van der Waals surface area contributed by atoms with Gasteiger partial charge in [-0.25, -0.2) is 0 Å². The molecule has 1 heteroatoms. The van der Waals surface area contributed by atoms with Gasteiger partial charge in [0.05, 0.1) is 0 Å². The van der Waals surface area contributed by atoms with Crippen LogP contribution >= 0.6 is 11.6 Å². The zero-order valence-corrected chi connectivity index (χ0v) is 7.93. The molecule has 0 aliphatic heterocycles. The van der Waals surface area contributed by atoms with Crippen LogP contribution in [0.2, 0.25) is 5.02 Å². The molecule has 0 unspecified atom stereocenters. The summed E-state index contributed by atoms with van der Waals surface area (Å²) < 4.78 is 0. The molecule has 0 saturated heterocycles. The molecule has 0 spiro atoms. The van der Waals surface area contributed by atoms with Crippen LogP contribution in [0.4, 0.5) is 0 Å². The summed E-state index contributed by atoms with van der Waals surface area (Å²) in [5, 5.41) is 0.794. The zero-order valence-electron chi connectivity index (χ0n) is 7.18. The van der Waals surface area contributed by atoms with Gasteiger partial charge in [0.2, 0.25) is 0 Å². The van der Waals surface area contributed by atoms with Gasteiger partial charge in [0.1, 0.15) is 0 Å². The molecule has 0 radical (unpaired) electrons. The predicted octanol–water partition coefficient (Wildman–Crippen LogP) is 4.15. The molecular formula is C10H15Cl. The Morgan fingerprint density at radius 1 is 1.00 bits per heavy atom. The Morgan fingerprint density at radius 2 is 1.45 bits per heavy atom. The Bertz CT molecular complexity index is 156. The van der Waals surface area contributed by atoms with E-state index in [1.807, 2.05) is 30.3 Å². The molecule has 0 heterocycles. The summed E-state index contributed by atoms with van der Waals surface area (Å²) in [7, 11) is 0. The van der Waals surface area contributed by atoms with E-state index < -0.39 is 0 Å². The summed E-state index contributed by atoms with van der Waals surface area (Å²) in [6, 6.07) is 9.44. The highest BCUT2D eigenvalue weighted by atomic mass is 35.5. The van der Waals surface area contributed by atoms with Crippen molar-refractivity contribution in [2.75, 3.05) is 0 Å². The Morgan fingerprint density at radius 3 is 1.64 bits per heavy atom. The first kappa shape index (κ1) is 10.5. The summed E-state index contributed by atoms with van der Waals surface area (Å²) in [6.45, 7) is 4.36. The van der Waals surface area contributed by atoms with Gasteiger partial charge in [0.15, 0.2) is 0 Å². The first-order valence-electron chi connectivity index (χ1n) is 4.01. The maximum absolute atomic E-state index is 5.54. The monoisotopic (exact) mass is 170 g/mol. The lowest BCUT2D eigenvalue weighted by Crippen LogP contribution is -1.55. The number of unbranched alkanes of at least 4 members (excludes halogenated alkanes) is 1. The summed E-state index contributed by atoms with van der Waals surface area (Å²) in [5.74, 6) is 0. The highest BCUT2D eigenvalue weighted by Gasteiger charge is 1.74. The standard InChI is InChI=1S/C6H5Cl.C4H10/c7-6-4-2-1-3-5-6;1-3-4-2/h1-5H;3-4H2,1-2H3. The zero-order chi connectivity index (χ0) is 8.53. The van der Waals surface area contributed by atoms with Crippen LogP contribution in [0.3, 0.4) is 0 Å². The Balaban J connectivity index is 0.000000218. The van der Waals surface area contributed by atoms with Gasteiger partial charge in [0.25, 0.3) is 0 Å². The molecule has 0 aromatic heterocycles. The fourth-order valence-corrected chi connectivity index (χ4v) is 0.560. The van der Waals surface area contributed by atoms with Gasteiger partial charge in [-0.15, -0.1) is 0 Å². The van der Waals surface area contributed by atoms with Crippen LogP contribution in [0.1, 0.15) is 26.7 Å². The molecule has 0 N–H and O–H groups in total. The largest absolute Gasteiger partial charge is 0.0843 e. The van der Waals surface area contributed by atoms with Gasteiger partial charge in [-0.05, 0) is 12.1 Å². The van der Waals surface area contributed by atoms with Crippen molar-refractivity contribution >= 4 is 11.6 Å². The van der Waals surface area contributed by atoms with Gasteiger partial charge in [0, 0.05) is 5.02 Å². The van der Waals surface area contributed by atoms with E-state index in [0.29, 0.717) is 0 Å². The minimum absolute atomic E-state index is 0.794. The smallest absolute Gasteiger partial charge is 0.0405 e. The highest BCUT2D eigenvalue weighted by molar-refractivity contribution is 6.30. The SMILES string of the molecule is CCCC.Clc1ccccc1. The van der Waals surface area contributed by atoms with Gasteiger partial charge in [-0.1, -0.05) is 56.5 Å². The molecule has 0 bridgehead atoms. The topological polar surface area (TPSA) is 0 Å². The average molecular weight is 171 g/mol. The van der Waals surface area contributed by atoms with Crippen molar-refractivity contribution in [3.05, 3.63) is 35.4 Å². The molecule has 0 atom stereocenters. The van der Waals surface area contributed by atoms with Crippen LogP contribution < -0.4 is 0 Å². The van der Waals surface area contributed by atoms with Crippen LogP contribution in [0.15, 0.2) is 30.3 Å². The Kier molecular flexibility index (Phi) is 7.28. The van der Waals surface area contributed by atoms with E-state index in [2.05, 4.69) is 13.8 Å². The van der Waals surface area contributed by atoms with Crippen LogP contribution in [0.5, 0.6) is 0 Å².